The Balaban J connectivity index is 1.80. The molecule has 1 aromatic heterocycles. The maximum Gasteiger partial charge on any atom is 0.244 e. The van der Waals surface area contributed by atoms with Crippen molar-refractivity contribution in [1.82, 2.24) is 25.5 Å². The van der Waals surface area contributed by atoms with Gasteiger partial charge in [0.25, 0.3) is 0 Å². The van der Waals surface area contributed by atoms with E-state index in [0.29, 0.717) is 10.7 Å². The molecule has 0 spiro atoms. The molecule has 0 aliphatic carbocycles. The summed E-state index contributed by atoms with van der Waals surface area (Å²) in [5.74, 6) is -1.16. The van der Waals surface area contributed by atoms with E-state index in [9.17, 15) is 14.4 Å². The molecule has 2 rings (SSSR count). The number of amides is 3. The molecule has 0 aliphatic heterocycles. The van der Waals surface area contributed by atoms with Crippen molar-refractivity contribution in [2.24, 2.45) is 0 Å². The molecule has 1 atom stereocenters. The highest BCUT2D eigenvalue weighted by atomic mass is 32.1. The average Bonchev–Trinajstić information content (AvgIpc) is 3.12. The van der Waals surface area contributed by atoms with E-state index in [4.69, 9.17) is 0 Å². The van der Waals surface area contributed by atoms with Gasteiger partial charge in [0, 0.05) is 17.1 Å². The minimum absolute atomic E-state index is 0.199. The third-order valence-corrected chi connectivity index (χ3v) is 4.13. The molecule has 2 aromatic rings. The predicted molar refractivity (Wildman–Crippen MR) is 98.5 cm³/mol. The lowest BCUT2D eigenvalue weighted by molar-refractivity contribution is -0.127. The molecular weight excluding hydrogens is 356 g/mol. The minimum Gasteiger partial charge on any atom is -0.346 e. The van der Waals surface area contributed by atoms with Crippen molar-refractivity contribution >= 4 is 34.3 Å². The number of carbonyl (C=O) groups excluding carboxylic acids is 3. The molecule has 1 heterocycles. The highest BCUT2D eigenvalue weighted by molar-refractivity contribution is 7.10. The van der Waals surface area contributed by atoms with Gasteiger partial charge in [-0.25, -0.2) is 0 Å². The van der Waals surface area contributed by atoms with Crippen molar-refractivity contribution in [2.45, 2.75) is 13.0 Å². The predicted octanol–water partition coefficient (Wildman–Crippen LogP) is -0.0161. The summed E-state index contributed by atoms with van der Waals surface area (Å²) in [6.07, 6.45) is 0. The van der Waals surface area contributed by atoms with E-state index in [-0.39, 0.29) is 19.0 Å². The number of rotatable bonds is 8. The summed E-state index contributed by atoms with van der Waals surface area (Å²) < 4.78 is 3.86. The summed E-state index contributed by atoms with van der Waals surface area (Å²) in [6, 6.07) is 8.94. The maximum atomic E-state index is 12.0. The van der Waals surface area contributed by atoms with Gasteiger partial charge in [-0.2, -0.15) is 0 Å². The van der Waals surface area contributed by atoms with Crippen LogP contribution in [-0.2, 0) is 14.4 Å². The molecule has 10 heteroatoms. The maximum absolute atomic E-state index is 12.0. The second-order valence-corrected chi connectivity index (χ2v) is 6.12. The van der Waals surface area contributed by atoms with Crippen LogP contribution >= 0.6 is 11.5 Å². The Labute approximate surface area is 154 Å². The van der Waals surface area contributed by atoms with Crippen LogP contribution in [0.4, 0.5) is 5.00 Å². The highest BCUT2D eigenvalue weighted by Gasteiger charge is 2.15. The summed E-state index contributed by atoms with van der Waals surface area (Å²) in [7, 11) is 1.65. The Morgan fingerprint density at radius 1 is 1.08 bits per heavy atom. The Morgan fingerprint density at radius 2 is 1.77 bits per heavy atom. The first-order chi connectivity index (χ1) is 12.5. The Morgan fingerprint density at radius 3 is 2.46 bits per heavy atom. The number of hydrogen-bond acceptors (Lipinski definition) is 7. The van der Waals surface area contributed by atoms with Crippen LogP contribution in [0.25, 0.3) is 11.3 Å². The molecule has 26 heavy (non-hydrogen) atoms. The quantitative estimate of drug-likeness (QED) is 0.513. The molecule has 138 valence electrons. The normalized spacial score (nSPS) is 11.5. The molecule has 0 fully saturated rings. The first kappa shape index (κ1) is 19.5. The number of likely N-dealkylation sites (N-methyl/N-ethyl adjacent to an activating group) is 1. The average molecular weight is 376 g/mol. The SMILES string of the molecule is CN[C@@H](C)C(=O)NCC(=O)NCC(=O)Nc1snnc1-c1ccccc1. The lowest BCUT2D eigenvalue weighted by atomic mass is 10.2. The van der Waals surface area contributed by atoms with Gasteiger partial charge in [0.2, 0.25) is 17.7 Å². The first-order valence-corrected chi connectivity index (χ1v) is 8.68. The second kappa shape index (κ2) is 9.59. The second-order valence-electron chi connectivity index (χ2n) is 5.37. The molecule has 0 radical (unpaired) electrons. The molecule has 9 nitrogen and oxygen atoms in total. The van der Waals surface area contributed by atoms with Gasteiger partial charge in [-0.1, -0.05) is 34.8 Å². The Kier molecular flexibility index (Phi) is 7.18. The zero-order chi connectivity index (χ0) is 18.9. The van der Waals surface area contributed by atoms with Crippen LogP contribution in [0.5, 0.6) is 0 Å². The summed E-state index contributed by atoms with van der Waals surface area (Å²) in [5, 5.41) is 14.9. The van der Waals surface area contributed by atoms with Gasteiger partial charge in [0.1, 0.15) is 10.7 Å². The van der Waals surface area contributed by atoms with Crippen LogP contribution < -0.4 is 21.3 Å². The van der Waals surface area contributed by atoms with Gasteiger partial charge >= 0.3 is 0 Å². The Hall–Kier alpha value is -2.85. The molecule has 0 aliphatic rings. The number of benzene rings is 1. The molecule has 3 amide bonds. The van der Waals surface area contributed by atoms with Gasteiger partial charge in [-0.15, -0.1) is 5.10 Å². The third kappa shape index (κ3) is 5.60. The van der Waals surface area contributed by atoms with E-state index in [2.05, 4.69) is 30.9 Å². The van der Waals surface area contributed by atoms with Crippen molar-refractivity contribution in [3.8, 4) is 11.3 Å². The number of hydrogen-bond donors (Lipinski definition) is 4. The van der Waals surface area contributed by atoms with Gasteiger partial charge in [-0.3, -0.25) is 14.4 Å². The Bertz CT molecular complexity index is 764. The number of nitrogens with one attached hydrogen (secondary N) is 4. The fraction of sp³-hybridized carbons (Fsp3) is 0.312. The van der Waals surface area contributed by atoms with Crippen molar-refractivity contribution in [1.29, 1.82) is 0 Å². The largest absolute Gasteiger partial charge is 0.346 e. The summed E-state index contributed by atoms with van der Waals surface area (Å²) in [6.45, 7) is 1.26. The van der Waals surface area contributed by atoms with E-state index in [1.54, 1.807) is 14.0 Å². The molecular formula is C16H20N6O3S. The first-order valence-electron chi connectivity index (χ1n) is 7.90. The van der Waals surface area contributed by atoms with Gasteiger partial charge in [0.15, 0.2) is 0 Å². The van der Waals surface area contributed by atoms with Crippen molar-refractivity contribution in [3.63, 3.8) is 0 Å². The van der Waals surface area contributed by atoms with Crippen LogP contribution in [0.2, 0.25) is 0 Å². The molecule has 0 saturated carbocycles. The van der Waals surface area contributed by atoms with E-state index >= 15 is 0 Å². The van der Waals surface area contributed by atoms with Crippen LogP contribution in [0, 0.1) is 0 Å². The van der Waals surface area contributed by atoms with E-state index in [1.165, 1.54) is 0 Å². The van der Waals surface area contributed by atoms with E-state index in [1.807, 2.05) is 30.3 Å². The lowest BCUT2D eigenvalue weighted by Crippen LogP contribution is -2.45. The molecule has 0 bridgehead atoms. The molecule has 1 aromatic carbocycles. The minimum atomic E-state index is -0.456. The fourth-order valence-electron chi connectivity index (χ4n) is 1.92. The van der Waals surface area contributed by atoms with Crippen molar-refractivity contribution < 1.29 is 14.4 Å². The molecule has 0 saturated heterocycles. The summed E-state index contributed by atoms with van der Waals surface area (Å²) in [5.41, 5.74) is 1.41. The van der Waals surface area contributed by atoms with Crippen LogP contribution in [0.1, 0.15) is 6.92 Å². The lowest BCUT2D eigenvalue weighted by Gasteiger charge is -2.11. The fourth-order valence-corrected chi connectivity index (χ4v) is 2.53. The topological polar surface area (TPSA) is 125 Å². The van der Waals surface area contributed by atoms with Crippen LogP contribution in [0.15, 0.2) is 30.3 Å². The zero-order valence-electron chi connectivity index (χ0n) is 14.4. The van der Waals surface area contributed by atoms with Crippen molar-refractivity contribution in [3.05, 3.63) is 30.3 Å². The molecule has 4 N–H and O–H groups in total. The highest BCUT2D eigenvalue weighted by Crippen LogP contribution is 2.28. The number of anilines is 1. The standard InChI is InChI=1S/C16H20N6O3S/c1-10(17-2)15(25)19-8-12(23)18-9-13(24)20-16-14(21-22-26-16)11-6-4-3-5-7-11/h3-7,10,17H,8-9H2,1-2H3,(H,18,23)(H,19,25)(H,20,24)/t10-/m0/s1. The zero-order valence-corrected chi connectivity index (χ0v) is 15.2. The molecule has 0 unspecified atom stereocenters. The van der Waals surface area contributed by atoms with Crippen LogP contribution in [-0.4, -0.2) is 53.5 Å². The van der Waals surface area contributed by atoms with E-state index in [0.717, 1.165) is 17.1 Å². The monoisotopic (exact) mass is 376 g/mol. The third-order valence-electron chi connectivity index (χ3n) is 3.48. The summed E-state index contributed by atoms with van der Waals surface area (Å²) in [4.78, 5) is 35.3. The number of nitrogens with zero attached hydrogens (tertiary/aromatic N) is 2. The smallest absolute Gasteiger partial charge is 0.244 e. The van der Waals surface area contributed by atoms with Crippen LogP contribution in [0.3, 0.4) is 0 Å². The number of carbonyl (C=O) groups is 3. The van der Waals surface area contributed by atoms with Crippen molar-refractivity contribution in [2.75, 3.05) is 25.5 Å². The van der Waals surface area contributed by atoms with Gasteiger partial charge in [0.05, 0.1) is 19.1 Å². The summed E-state index contributed by atoms with van der Waals surface area (Å²) >= 11 is 1.06. The van der Waals surface area contributed by atoms with E-state index < -0.39 is 17.9 Å². The van der Waals surface area contributed by atoms with Gasteiger partial charge < -0.3 is 21.3 Å². The van der Waals surface area contributed by atoms with Gasteiger partial charge in [-0.05, 0) is 14.0 Å². The number of aromatic nitrogens is 2.